The second-order valence-corrected chi connectivity index (χ2v) is 3.57. The minimum atomic E-state index is -0.209. The van der Waals surface area contributed by atoms with Crippen LogP contribution in [-0.4, -0.2) is 31.3 Å². The quantitative estimate of drug-likeness (QED) is 0.649. The molecule has 0 aliphatic carbocycles. The van der Waals surface area contributed by atoms with Gasteiger partial charge in [0.15, 0.2) is 0 Å². The molecule has 0 fully saturated rings. The number of likely N-dealkylation sites (N-methyl/N-ethyl adjacent to an activating group) is 1. The summed E-state index contributed by atoms with van der Waals surface area (Å²) in [4.78, 5) is 22.2. The molecule has 0 aliphatic rings. The largest absolute Gasteiger partial charge is 0.348 e. The van der Waals surface area contributed by atoms with Crippen molar-refractivity contribution in [3.63, 3.8) is 0 Å². The Kier molecular flexibility index (Phi) is 6.12. The summed E-state index contributed by atoms with van der Waals surface area (Å²) in [5.74, 6) is 0.140. The minimum Gasteiger partial charge on any atom is -0.348 e. The summed E-state index contributed by atoms with van der Waals surface area (Å²) < 4.78 is 0. The molecule has 82 valence electrons. The summed E-state index contributed by atoms with van der Waals surface area (Å²) in [6, 6.07) is -0.209. The Morgan fingerprint density at radius 3 is 2.29 bits per heavy atom. The van der Waals surface area contributed by atoms with Crippen molar-refractivity contribution in [2.24, 2.45) is 5.92 Å². The van der Waals surface area contributed by atoms with E-state index in [4.69, 9.17) is 0 Å². The number of rotatable bonds is 6. The van der Waals surface area contributed by atoms with Crippen molar-refractivity contribution in [1.29, 1.82) is 0 Å². The lowest BCUT2D eigenvalue weighted by Gasteiger charge is -2.21. The van der Waals surface area contributed by atoms with Gasteiger partial charge in [0.25, 0.3) is 0 Å². The van der Waals surface area contributed by atoms with Crippen LogP contribution in [0, 0.1) is 5.92 Å². The third kappa shape index (κ3) is 4.37. The first-order valence-corrected chi connectivity index (χ1v) is 4.97. The fourth-order valence-electron chi connectivity index (χ4n) is 1.23. The predicted molar refractivity (Wildman–Crippen MR) is 56.0 cm³/mol. The van der Waals surface area contributed by atoms with Crippen molar-refractivity contribution >= 4 is 11.7 Å². The van der Waals surface area contributed by atoms with Crippen LogP contribution in [0.2, 0.25) is 0 Å². The Balaban J connectivity index is 4.10. The molecule has 0 saturated carbocycles. The topological polar surface area (TPSA) is 58.2 Å². The van der Waals surface area contributed by atoms with Gasteiger partial charge in [-0.15, -0.1) is 0 Å². The molecule has 1 amide bonds. The molecule has 0 spiro atoms. The van der Waals surface area contributed by atoms with E-state index >= 15 is 0 Å². The van der Waals surface area contributed by atoms with Crippen molar-refractivity contribution in [3.05, 3.63) is 0 Å². The van der Waals surface area contributed by atoms with Crippen molar-refractivity contribution in [3.8, 4) is 0 Å². The number of carbonyl (C=O) groups excluding carboxylic acids is 2. The SMILES string of the molecule is CCC(C)C(NC)C(=O)NCC(C)=O. The van der Waals surface area contributed by atoms with Gasteiger partial charge in [-0.1, -0.05) is 20.3 Å². The van der Waals surface area contributed by atoms with Crippen LogP contribution in [-0.2, 0) is 9.59 Å². The second-order valence-electron chi connectivity index (χ2n) is 3.57. The molecule has 0 aromatic carbocycles. The molecule has 0 aromatic rings. The summed E-state index contributed by atoms with van der Waals surface area (Å²) in [6.45, 7) is 5.62. The average molecular weight is 200 g/mol. The van der Waals surface area contributed by atoms with Crippen molar-refractivity contribution in [2.75, 3.05) is 13.6 Å². The molecule has 4 heteroatoms. The highest BCUT2D eigenvalue weighted by Crippen LogP contribution is 2.06. The molecule has 0 saturated heterocycles. The van der Waals surface area contributed by atoms with E-state index in [1.54, 1.807) is 7.05 Å². The van der Waals surface area contributed by atoms with Crippen LogP contribution >= 0.6 is 0 Å². The molecule has 2 unspecified atom stereocenters. The first kappa shape index (κ1) is 13.1. The van der Waals surface area contributed by atoms with Crippen molar-refractivity contribution in [1.82, 2.24) is 10.6 Å². The van der Waals surface area contributed by atoms with Crippen LogP contribution in [0.25, 0.3) is 0 Å². The van der Waals surface area contributed by atoms with Crippen molar-refractivity contribution in [2.45, 2.75) is 33.2 Å². The van der Waals surface area contributed by atoms with Crippen molar-refractivity contribution < 1.29 is 9.59 Å². The fraction of sp³-hybridized carbons (Fsp3) is 0.800. The van der Waals surface area contributed by atoms with E-state index in [0.717, 1.165) is 6.42 Å². The molecule has 0 radical (unpaired) electrons. The number of carbonyl (C=O) groups is 2. The van der Waals surface area contributed by atoms with E-state index in [1.165, 1.54) is 6.92 Å². The van der Waals surface area contributed by atoms with Crippen LogP contribution in [0.5, 0.6) is 0 Å². The van der Waals surface area contributed by atoms with Gasteiger partial charge in [-0.05, 0) is 19.9 Å². The Hall–Kier alpha value is -0.900. The zero-order valence-electron chi connectivity index (χ0n) is 9.39. The lowest BCUT2D eigenvalue weighted by atomic mass is 9.98. The molecule has 4 nitrogen and oxygen atoms in total. The number of hydrogen-bond acceptors (Lipinski definition) is 3. The smallest absolute Gasteiger partial charge is 0.237 e. The van der Waals surface area contributed by atoms with Gasteiger partial charge in [-0.2, -0.15) is 0 Å². The lowest BCUT2D eigenvalue weighted by Crippen LogP contribution is -2.47. The number of nitrogens with one attached hydrogen (secondary N) is 2. The summed E-state index contributed by atoms with van der Waals surface area (Å²) >= 11 is 0. The Morgan fingerprint density at radius 2 is 1.93 bits per heavy atom. The number of ketones is 1. The average Bonchev–Trinajstić information content (AvgIpc) is 2.15. The maximum absolute atomic E-state index is 11.6. The lowest BCUT2D eigenvalue weighted by molar-refractivity contribution is -0.126. The van der Waals surface area contributed by atoms with Gasteiger partial charge in [-0.25, -0.2) is 0 Å². The zero-order chi connectivity index (χ0) is 11.1. The number of amides is 1. The highest BCUT2D eigenvalue weighted by Gasteiger charge is 2.21. The predicted octanol–water partition coefficient (Wildman–Crippen LogP) is 0.326. The normalized spacial score (nSPS) is 14.6. The summed E-state index contributed by atoms with van der Waals surface area (Å²) in [5.41, 5.74) is 0. The maximum atomic E-state index is 11.6. The van der Waals surface area contributed by atoms with E-state index < -0.39 is 0 Å². The molecule has 0 rings (SSSR count). The number of Topliss-reactive ketones (excluding diaryl/α,β-unsaturated/α-hetero) is 1. The van der Waals surface area contributed by atoms with Crippen LogP contribution in [0.3, 0.4) is 0 Å². The van der Waals surface area contributed by atoms with Gasteiger partial charge < -0.3 is 10.6 Å². The Labute approximate surface area is 85.4 Å². The molecule has 14 heavy (non-hydrogen) atoms. The first-order valence-electron chi connectivity index (χ1n) is 4.97. The monoisotopic (exact) mass is 200 g/mol. The van der Waals surface area contributed by atoms with Crippen LogP contribution in [0.1, 0.15) is 27.2 Å². The summed E-state index contributed by atoms with van der Waals surface area (Å²) in [5, 5.41) is 5.55. The highest BCUT2D eigenvalue weighted by molar-refractivity contribution is 5.87. The Morgan fingerprint density at radius 1 is 1.36 bits per heavy atom. The van der Waals surface area contributed by atoms with Gasteiger partial charge in [0.1, 0.15) is 5.78 Å². The third-order valence-electron chi connectivity index (χ3n) is 2.32. The van der Waals surface area contributed by atoms with E-state index in [-0.39, 0.29) is 30.2 Å². The molecular formula is C10H20N2O2. The molecule has 0 bridgehead atoms. The third-order valence-corrected chi connectivity index (χ3v) is 2.32. The fourth-order valence-corrected chi connectivity index (χ4v) is 1.23. The first-order chi connectivity index (χ1) is 6.52. The maximum Gasteiger partial charge on any atom is 0.237 e. The second kappa shape index (κ2) is 6.54. The van der Waals surface area contributed by atoms with E-state index in [2.05, 4.69) is 10.6 Å². The summed E-state index contributed by atoms with van der Waals surface area (Å²) in [6.07, 6.45) is 0.930. The zero-order valence-corrected chi connectivity index (χ0v) is 9.39. The summed E-state index contributed by atoms with van der Waals surface area (Å²) in [7, 11) is 1.75. The molecule has 0 aromatic heterocycles. The van der Waals surface area contributed by atoms with Crippen LogP contribution in [0.4, 0.5) is 0 Å². The molecule has 2 N–H and O–H groups in total. The van der Waals surface area contributed by atoms with E-state index in [0.29, 0.717) is 0 Å². The highest BCUT2D eigenvalue weighted by atomic mass is 16.2. The Bertz CT molecular complexity index is 204. The van der Waals surface area contributed by atoms with Crippen LogP contribution in [0.15, 0.2) is 0 Å². The molecule has 0 heterocycles. The van der Waals surface area contributed by atoms with E-state index in [1.807, 2.05) is 13.8 Å². The van der Waals surface area contributed by atoms with Gasteiger partial charge in [0, 0.05) is 0 Å². The van der Waals surface area contributed by atoms with Crippen LogP contribution < -0.4 is 10.6 Å². The molecule has 2 atom stereocenters. The molecular weight excluding hydrogens is 180 g/mol. The minimum absolute atomic E-state index is 0.0302. The van der Waals surface area contributed by atoms with Gasteiger partial charge in [-0.3, -0.25) is 9.59 Å². The standard InChI is InChI=1S/C10H20N2O2/c1-5-7(2)9(11-4)10(14)12-6-8(3)13/h7,9,11H,5-6H2,1-4H3,(H,12,14). The van der Waals surface area contributed by atoms with E-state index in [9.17, 15) is 9.59 Å². The molecule has 0 aliphatic heterocycles. The van der Waals surface area contributed by atoms with Gasteiger partial charge >= 0.3 is 0 Å². The van der Waals surface area contributed by atoms with Gasteiger partial charge in [0.05, 0.1) is 12.6 Å². The number of hydrogen-bond donors (Lipinski definition) is 2. The van der Waals surface area contributed by atoms with Gasteiger partial charge in [0.2, 0.25) is 5.91 Å².